The molecule has 2 aromatic rings. The number of rotatable bonds is 6. The smallest absolute Gasteiger partial charge is 0.227 e. The Morgan fingerprint density at radius 3 is 2.61 bits per heavy atom. The van der Waals surface area contributed by atoms with Crippen molar-refractivity contribution in [2.24, 2.45) is 5.73 Å². The first-order valence-electron chi connectivity index (χ1n) is 7.40. The monoisotopic (exact) mass is 337 g/mol. The van der Waals surface area contributed by atoms with Crippen LogP contribution in [0.25, 0.3) is 0 Å². The summed E-state index contributed by atoms with van der Waals surface area (Å²) in [7, 11) is 1.59. The number of Topliss-reactive ketones (excluding diaryl/α,β-unsaturated/α-hetero) is 1. The number of carbonyl (C=O) groups is 1. The van der Waals surface area contributed by atoms with Crippen molar-refractivity contribution in [2.75, 3.05) is 7.11 Å². The summed E-state index contributed by atoms with van der Waals surface area (Å²) < 4.78 is 10.3. The zero-order valence-corrected chi connectivity index (χ0v) is 13.8. The molecule has 1 heterocycles. The van der Waals surface area contributed by atoms with E-state index in [-0.39, 0.29) is 18.2 Å². The summed E-state index contributed by atoms with van der Waals surface area (Å²) in [6.07, 6.45) is 3.61. The van der Waals surface area contributed by atoms with Crippen LogP contribution in [0, 0.1) is 0 Å². The molecule has 1 aromatic carbocycles. The van der Waals surface area contributed by atoms with Crippen LogP contribution in [-0.2, 0) is 12.0 Å². The number of aromatic nitrogens is 2. The Balaban J connectivity index is 0.00000192. The number of nitrogens with two attached hydrogens (primary N) is 1. The van der Waals surface area contributed by atoms with E-state index in [2.05, 4.69) is 10.1 Å². The van der Waals surface area contributed by atoms with Gasteiger partial charge in [0.2, 0.25) is 5.89 Å². The summed E-state index contributed by atoms with van der Waals surface area (Å²) in [4.78, 5) is 16.5. The number of methoxy groups -OCH3 is 1. The number of aryl methyl sites for hydroxylation is 1. The van der Waals surface area contributed by atoms with Gasteiger partial charge in [-0.2, -0.15) is 4.98 Å². The molecule has 0 radical (unpaired) electrons. The average molecular weight is 338 g/mol. The summed E-state index contributed by atoms with van der Waals surface area (Å²) >= 11 is 0. The number of carbonyl (C=O) groups excluding carboxylic acids is 1. The van der Waals surface area contributed by atoms with Crippen LogP contribution in [0.1, 0.15) is 47.8 Å². The molecule has 0 saturated heterocycles. The fourth-order valence-corrected chi connectivity index (χ4v) is 2.48. The van der Waals surface area contributed by atoms with Crippen LogP contribution >= 0.6 is 12.4 Å². The normalized spacial score (nSPS) is 15.4. The molecule has 0 unspecified atom stereocenters. The van der Waals surface area contributed by atoms with Crippen LogP contribution in [-0.4, -0.2) is 23.0 Å². The summed E-state index contributed by atoms with van der Waals surface area (Å²) in [6.45, 7) is 0. The lowest BCUT2D eigenvalue weighted by molar-refractivity contribution is 0.0979. The van der Waals surface area contributed by atoms with Crippen molar-refractivity contribution in [3.63, 3.8) is 0 Å². The van der Waals surface area contributed by atoms with Crippen LogP contribution in [0.2, 0.25) is 0 Å². The maximum Gasteiger partial charge on any atom is 0.227 e. The molecule has 7 heteroatoms. The fraction of sp³-hybridized carbons (Fsp3) is 0.438. The first-order chi connectivity index (χ1) is 10.6. The van der Waals surface area contributed by atoms with Crippen LogP contribution in [0.15, 0.2) is 28.8 Å². The molecule has 1 aliphatic carbocycles. The lowest BCUT2D eigenvalue weighted by Gasteiger charge is -2.34. The standard InChI is InChI=1S/C16H19N3O3.ClH/c1-21-12-5-3-11(4-6-12)13(20)7-8-14-18-15(19-22-14)16(17)9-2-10-16;/h3-6H,2,7-10,17H2,1H3;1H. The topological polar surface area (TPSA) is 91.2 Å². The number of nitrogens with zero attached hydrogens (tertiary/aromatic N) is 2. The second kappa shape index (κ2) is 7.10. The van der Waals surface area contributed by atoms with E-state index in [1.807, 2.05) is 0 Å². The molecular weight excluding hydrogens is 318 g/mol. The van der Waals surface area contributed by atoms with Crippen LogP contribution in [0.3, 0.4) is 0 Å². The van der Waals surface area contributed by atoms with Gasteiger partial charge in [0.05, 0.1) is 12.6 Å². The predicted octanol–water partition coefficient (Wildman–Crippen LogP) is 2.65. The van der Waals surface area contributed by atoms with Crippen LogP contribution in [0.5, 0.6) is 5.75 Å². The number of hydrogen-bond donors (Lipinski definition) is 1. The quantitative estimate of drug-likeness (QED) is 0.815. The SMILES string of the molecule is COc1ccc(C(=O)CCc2nc(C3(N)CCC3)no2)cc1.Cl. The Labute approximate surface area is 140 Å². The van der Waals surface area contributed by atoms with Gasteiger partial charge in [-0.3, -0.25) is 4.79 Å². The van der Waals surface area contributed by atoms with Gasteiger partial charge in [0, 0.05) is 18.4 Å². The van der Waals surface area contributed by atoms with E-state index in [4.69, 9.17) is 15.0 Å². The summed E-state index contributed by atoms with van der Waals surface area (Å²) in [5.74, 6) is 1.79. The molecule has 1 aliphatic rings. The molecule has 0 aliphatic heterocycles. The van der Waals surface area contributed by atoms with Crippen molar-refractivity contribution in [3.05, 3.63) is 41.5 Å². The van der Waals surface area contributed by atoms with E-state index in [0.29, 0.717) is 30.1 Å². The molecule has 1 fully saturated rings. The highest BCUT2D eigenvalue weighted by Gasteiger charge is 2.38. The van der Waals surface area contributed by atoms with E-state index >= 15 is 0 Å². The van der Waals surface area contributed by atoms with Gasteiger partial charge >= 0.3 is 0 Å². The Hall–Kier alpha value is -1.92. The maximum atomic E-state index is 12.1. The lowest BCUT2D eigenvalue weighted by Crippen LogP contribution is -2.44. The third-order valence-electron chi connectivity index (χ3n) is 4.14. The van der Waals surface area contributed by atoms with Gasteiger partial charge in [-0.25, -0.2) is 0 Å². The van der Waals surface area contributed by atoms with Crippen LogP contribution < -0.4 is 10.5 Å². The molecular formula is C16H20ClN3O3. The average Bonchev–Trinajstić information content (AvgIpc) is 2.99. The number of halogens is 1. The number of ketones is 1. The Kier molecular flexibility index (Phi) is 5.38. The minimum absolute atomic E-state index is 0. The minimum Gasteiger partial charge on any atom is -0.497 e. The zero-order chi connectivity index (χ0) is 15.6. The van der Waals surface area contributed by atoms with Gasteiger partial charge in [0.25, 0.3) is 0 Å². The highest BCUT2D eigenvalue weighted by molar-refractivity contribution is 5.96. The van der Waals surface area contributed by atoms with Crippen molar-refractivity contribution in [1.82, 2.24) is 10.1 Å². The molecule has 23 heavy (non-hydrogen) atoms. The Morgan fingerprint density at radius 1 is 1.35 bits per heavy atom. The van der Waals surface area contributed by atoms with Crippen molar-refractivity contribution < 1.29 is 14.1 Å². The molecule has 0 amide bonds. The highest BCUT2D eigenvalue weighted by Crippen LogP contribution is 2.36. The molecule has 3 rings (SSSR count). The molecule has 2 N–H and O–H groups in total. The molecule has 0 bridgehead atoms. The second-order valence-electron chi connectivity index (χ2n) is 5.67. The molecule has 6 nitrogen and oxygen atoms in total. The minimum atomic E-state index is -0.429. The summed E-state index contributed by atoms with van der Waals surface area (Å²) in [6, 6.07) is 7.05. The first-order valence-corrected chi connectivity index (χ1v) is 7.40. The van der Waals surface area contributed by atoms with Gasteiger partial charge in [-0.15, -0.1) is 12.4 Å². The van der Waals surface area contributed by atoms with E-state index in [1.165, 1.54) is 0 Å². The van der Waals surface area contributed by atoms with E-state index < -0.39 is 5.54 Å². The summed E-state index contributed by atoms with van der Waals surface area (Å²) in [5, 5.41) is 3.94. The van der Waals surface area contributed by atoms with Crippen molar-refractivity contribution in [2.45, 2.75) is 37.6 Å². The lowest BCUT2D eigenvalue weighted by atomic mass is 9.77. The highest BCUT2D eigenvalue weighted by atomic mass is 35.5. The predicted molar refractivity (Wildman–Crippen MR) is 86.9 cm³/mol. The number of ether oxygens (including phenoxy) is 1. The van der Waals surface area contributed by atoms with Crippen molar-refractivity contribution >= 4 is 18.2 Å². The first kappa shape index (κ1) is 17.4. The van der Waals surface area contributed by atoms with Crippen LogP contribution in [0.4, 0.5) is 0 Å². The molecule has 0 spiro atoms. The zero-order valence-electron chi connectivity index (χ0n) is 12.9. The third-order valence-corrected chi connectivity index (χ3v) is 4.14. The van der Waals surface area contributed by atoms with Gasteiger partial charge in [-0.1, -0.05) is 5.16 Å². The largest absolute Gasteiger partial charge is 0.497 e. The number of hydrogen-bond acceptors (Lipinski definition) is 6. The van der Waals surface area contributed by atoms with Gasteiger partial charge in [0.1, 0.15) is 5.75 Å². The van der Waals surface area contributed by atoms with E-state index in [1.54, 1.807) is 31.4 Å². The molecule has 0 atom stereocenters. The molecule has 1 aromatic heterocycles. The van der Waals surface area contributed by atoms with Crippen molar-refractivity contribution in [3.8, 4) is 5.75 Å². The Morgan fingerprint density at radius 2 is 2.04 bits per heavy atom. The summed E-state index contributed by atoms with van der Waals surface area (Å²) in [5.41, 5.74) is 6.37. The van der Waals surface area contributed by atoms with E-state index in [9.17, 15) is 4.79 Å². The van der Waals surface area contributed by atoms with Gasteiger partial charge < -0.3 is 15.0 Å². The third kappa shape index (κ3) is 3.71. The Bertz CT molecular complexity index is 665. The fourth-order valence-electron chi connectivity index (χ4n) is 2.48. The second-order valence-corrected chi connectivity index (χ2v) is 5.67. The number of benzene rings is 1. The molecule has 124 valence electrons. The van der Waals surface area contributed by atoms with Gasteiger partial charge in [0.15, 0.2) is 11.6 Å². The van der Waals surface area contributed by atoms with E-state index in [0.717, 1.165) is 25.0 Å². The van der Waals surface area contributed by atoms with Crippen molar-refractivity contribution in [1.29, 1.82) is 0 Å². The molecule has 1 saturated carbocycles. The van der Waals surface area contributed by atoms with Gasteiger partial charge in [-0.05, 0) is 43.5 Å². The maximum absolute atomic E-state index is 12.1.